The van der Waals surface area contributed by atoms with Gasteiger partial charge in [0.05, 0.1) is 0 Å². The first-order valence-electron chi connectivity index (χ1n) is 13.4. The fourth-order valence-corrected chi connectivity index (χ4v) is 4.31. The van der Waals surface area contributed by atoms with Gasteiger partial charge < -0.3 is 0 Å². The van der Waals surface area contributed by atoms with Crippen LogP contribution in [0.25, 0.3) is 0 Å². The molecule has 28 heavy (non-hydrogen) atoms. The predicted molar refractivity (Wildman–Crippen MR) is 131 cm³/mol. The van der Waals surface area contributed by atoms with Gasteiger partial charge in [0.2, 0.25) is 0 Å². The van der Waals surface area contributed by atoms with E-state index in [1.807, 2.05) is 0 Å². The molecule has 0 heteroatoms. The van der Waals surface area contributed by atoms with E-state index < -0.39 is 0 Å². The van der Waals surface area contributed by atoms with Crippen molar-refractivity contribution in [1.29, 1.82) is 0 Å². The van der Waals surface area contributed by atoms with E-state index in [1.165, 1.54) is 128 Å². The van der Waals surface area contributed by atoms with Crippen LogP contribution in [0.5, 0.6) is 0 Å². The average molecular weight is 393 g/mol. The molecule has 0 nitrogen and oxygen atoms in total. The van der Waals surface area contributed by atoms with Crippen molar-refractivity contribution in [3.63, 3.8) is 0 Å². The minimum Gasteiger partial charge on any atom is -0.0885 e. The molecule has 0 saturated heterocycles. The minimum absolute atomic E-state index is 0.872. The number of unbranched alkanes of at least 4 members (excludes halogenated alkanes) is 15. The summed E-state index contributed by atoms with van der Waals surface area (Å²) in [7, 11) is 0. The van der Waals surface area contributed by atoms with Crippen LogP contribution in [-0.4, -0.2) is 0 Å². The highest BCUT2D eigenvalue weighted by molar-refractivity contribution is 4.80. The lowest BCUT2D eigenvalue weighted by atomic mass is 9.85. The number of allylic oxidation sites excluding steroid dienone is 2. The van der Waals surface area contributed by atoms with Crippen LogP contribution in [0.4, 0.5) is 0 Å². The highest BCUT2D eigenvalue weighted by Crippen LogP contribution is 2.25. The van der Waals surface area contributed by atoms with Crippen molar-refractivity contribution in [3.05, 3.63) is 12.2 Å². The van der Waals surface area contributed by atoms with Crippen molar-refractivity contribution in [2.24, 2.45) is 11.8 Å². The fraction of sp³-hybridized carbons (Fsp3) is 0.929. The van der Waals surface area contributed by atoms with Crippen LogP contribution in [0.2, 0.25) is 0 Å². The summed E-state index contributed by atoms with van der Waals surface area (Å²) in [5.41, 5.74) is 0. The summed E-state index contributed by atoms with van der Waals surface area (Å²) in [6, 6.07) is 0. The van der Waals surface area contributed by atoms with E-state index >= 15 is 0 Å². The van der Waals surface area contributed by atoms with Crippen LogP contribution < -0.4 is 0 Å². The molecule has 0 aromatic rings. The Bertz CT molecular complexity index is 301. The summed E-state index contributed by atoms with van der Waals surface area (Å²) in [6.45, 7) is 9.45. The first-order chi connectivity index (χ1) is 13.7. The van der Waals surface area contributed by atoms with Crippen molar-refractivity contribution in [3.8, 4) is 0 Å². The van der Waals surface area contributed by atoms with Gasteiger partial charge in [0.25, 0.3) is 0 Å². The lowest BCUT2D eigenvalue weighted by Crippen LogP contribution is -2.08. The van der Waals surface area contributed by atoms with Gasteiger partial charge in [0.15, 0.2) is 0 Å². The number of hydrogen-bond acceptors (Lipinski definition) is 0. The third-order valence-electron chi connectivity index (χ3n) is 6.44. The molecule has 0 spiro atoms. The third-order valence-corrected chi connectivity index (χ3v) is 6.44. The summed E-state index contributed by atoms with van der Waals surface area (Å²) in [6.07, 6.45) is 33.4. The molecule has 0 aliphatic rings. The standard InChI is InChI=1S/C28H56/c1-5-7-9-11-13-15-16-17-18-20-22-24-26-28(27(3)4)25-23-21-19-14-12-10-8-6-2/h10,12,27-28H,5-9,11,13-26H2,1-4H3. The van der Waals surface area contributed by atoms with Gasteiger partial charge in [-0.1, -0.05) is 149 Å². The zero-order chi connectivity index (χ0) is 20.7. The molecule has 0 aromatic heterocycles. The summed E-state index contributed by atoms with van der Waals surface area (Å²) >= 11 is 0. The van der Waals surface area contributed by atoms with Crippen LogP contribution in [0, 0.1) is 11.8 Å². The molecule has 168 valence electrons. The Morgan fingerprint density at radius 1 is 0.464 bits per heavy atom. The molecule has 0 heterocycles. The molecule has 0 amide bonds. The number of rotatable bonds is 22. The lowest BCUT2D eigenvalue weighted by molar-refractivity contribution is 0.313. The molecule has 0 aliphatic heterocycles. The highest BCUT2D eigenvalue weighted by atomic mass is 14.2. The summed E-state index contributed by atoms with van der Waals surface area (Å²) < 4.78 is 0. The normalized spacial score (nSPS) is 13.0. The van der Waals surface area contributed by atoms with E-state index in [0.717, 1.165) is 11.8 Å². The highest BCUT2D eigenvalue weighted by Gasteiger charge is 2.12. The molecule has 1 atom stereocenters. The average Bonchev–Trinajstić information content (AvgIpc) is 2.68. The Hall–Kier alpha value is -0.260. The Balaban J connectivity index is 3.46. The molecule has 1 unspecified atom stereocenters. The molecular formula is C28H56. The molecule has 0 fully saturated rings. The van der Waals surface area contributed by atoms with Gasteiger partial charge in [-0.25, -0.2) is 0 Å². The van der Waals surface area contributed by atoms with Crippen molar-refractivity contribution in [2.75, 3.05) is 0 Å². The zero-order valence-electron chi connectivity index (χ0n) is 20.5. The van der Waals surface area contributed by atoms with E-state index in [1.54, 1.807) is 0 Å². The van der Waals surface area contributed by atoms with E-state index in [9.17, 15) is 0 Å². The molecule has 0 bridgehead atoms. The van der Waals surface area contributed by atoms with Crippen molar-refractivity contribution in [2.45, 2.75) is 156 Å². The monoisotopic (exact) mass is 392 g/mol. The van der Waals surface area contributed by atoms with Crippen LogP contribution in [0.15, 0.2) is 12.2 Å². The molecule has 0 aromatic carbocycles. The van der Waals surface area contributed by atoms with Crippen molar-refractivity contribution < 1.29 is 0 Å². The topological polar surface area (TPSA) is 0 Å². The Morgan fingerprint density at radius 2 is 0.893 bits per heavy atom. The van der Waals surface area contributed by atoms with Crippen LogP contribution in [0.3, 0.4) is 0 Å². The molecule has 0 saturated carbocycles. The Kier molecular flexibility index (Phi) is 22.8. The SMILES string of the molecule is CCCC=CCCCCCC(CCCCCCCCCCCCCC)C(C)C. The molecule has 0 aliphatic carbocycles. The van der Waals surface area contributed by atoms with Crippen molar-refractivity contribution in [1.82, 2.24) is 0 Å². The van der Waals surface area contributed by atoms with E-state index in [0.29, 0.717) is 0 Å². The summed E-state index contributed by atoms with van der Waals surface area (Å²) in [5.74, 6) is 1.84. The third kappa shape index (κ3) is 20.5. The first-order valence-corrected chi connectivity index (χ1v) is 13.4. The van der Waals surface area contributed by atoms with Gasteiger partial charge in [-0.05, 0) is 31.1 Å². The smallest absolute Gasteiger partial charge is 0.0351 e. The van der Waals surface area contributed by atoms with Gasteiger partial charge in [0, 0.05) is 0 Å². The largest absolute Gasteiger partial charge is 0.0885 e. The van der Waals surface area contributed by atoms with Crippen molar-refractivity contribution >= 4 is 0 Å². The van der Waals surface area contributed by atoms with Gasteiger partial charge in [-0.3, -0.25) is 0 Å². The van der Waals surface area contributed by atoms with Gasteiger partial charge >= 0.3 is 0 Å². The molecule has 0 N–H and O–H groups in total. The second-order valence-electron chi connectivity index (χ2n) is 9.58. The van der Waals surface area contributed by atoms with Gasteiger partial charge in [-0.2, -0.15) is 0 Å². The Labute approximate surface area is 180 Å². The van der Waals surface area contributed by atoms with E-state index in [4.69, 9.17) is 0 Å². The predicted octanol–water partition coefficient (Wildman–Crippen LogP) is 10.7. The maximum Gasteiger partial charge on any atom is -0.0351 e. The second kappa shape index (κ2) is 23.0. The number of hydrogen-bond donors (Lipinski definition) is 0. The summed E-state index contributed by atoms with van der Waals surface area (Å²) in [5, 5.41) is 0. The van der Waals surface area contributed by atoms with Gasteiger partial charge in [-0.15, -0.1) is 0 Å². The van der Waals surface area contributed by atoms with Crippen LogP contribution >= 0.6 is 0 Å². The second-order valence-corrected chi connectivity index (χ2v) is 9.58. The zero-order valence-corrected chi connectivity index (χ0v) is 20.5. The Morgan fingerprint density at radius 3 is 1.36 bits per heavy atom. The maximum absolute atomic E-state index is 2.44. The van der Waals surface area contributed by atoms with Gasteiger partial charge in [0.1, 0.15) is 0 Å². The quantitative estimate of drug-likeness (QED) is 0.127. The van der Waals surface area contributed by atoms with E-state index in [2.05, 4.69) is 39.8 Å². The molecule has 0 rings (SSSR count). The lowest BCUT2D eigenvalue weighted by Gasteiger charge is -2.20. The fourth-order valence-electron chi connectivity index (χ4n) is 4.31. The first kappa shape index (κ1) is 27.7. The maximum atomic E-state index is 2.44. The summed E-state index contributed by atoms with van der Waals surface area (Å²) in [4.78, 5) is 0. The van der Waals surface area contributed by atoms with E-state index in [-0.39, 0.29) is 0 Å². The minimum atomic E-state index is 0.872. The molecular weight excluding hydrogens is 336 g/mol. The van der Waals surface area contributed by atoms with Crippen LogP contribution in [0.1, 0.15) is 156 Å². The van der Waals surface area contributed by atoms with Crippen LogP contribution in [-0.2, 0) is 0 Å². The molecule has 0 radical (unpaired) electrons.